The van der Waals surface area contributed by atoms with Gasteiger partial charge in [0.1, 0.15) is 0 Å². The van der Waals surface area contributed by atoms with Crippen LogP contribution < -0.4 is 5.32 Å². The van der Waals surface area contributed by atoms with Gasteiger partial charge in [-0.15, -0.1) is 0 Å². The van der Waals surface area contributed by atoms with Crippen LogP contribution in [0.1, 0.15) is 30.8 Å². The number of rotatable bonds is 5. The minimum Gasteiger partial charge on any atom is -0.394 e. The van der Waals surface area contributed by atoms with E-state index in [0.717, 1.165) is 5.69 Å². The minimum atomic E-state index is -0.617. The third kappa shape index (κ3) is 3.05. The van der Waals surface area contributed by atoms with Crippen molar-refractivity contribution in [1.29, 1.82) is 0 Å². The van der Waals surface area contributed by atoms with Gasteiger partial charge in [0, 0.05) is 6.20 Å². The van der Waals surface area contributed by atoms with Crippen LogP contribution in [-0.4, -0.2) is 32.9 Å². The molecule has 2 rings (SSSR count). The molecule has 0 radical (unpaired) electrons. The second-order valence-electron chi connectivity index (χ2n) is 5.01. The molecule has 5 nitrogen and oxygen atoms in total. The van der Waals surface area contributed by atoms with Gasteiger partial charge < -0.3 is 10.4 Å². The normalized spacial score (nSPS) is 13.8. The molecule has 0 aliphatic carbocycles. The van der Waals surface area contributed by atoms with Crippen LogP contribution in [0.15, 0.2) is 42.6 Å². The van der Waals surface area contributed by atoms with Gasteiger partial charge in [0.2, 0.25) is 0 Å². The average Bonchev–Trinajstić information content (AvgIpc) is 2.98. The first kappa shape index (κ1) is 14.3. The third-order valence-electron chi connectivity index (χ3n) is 3.39. The fourth-order valence-corrected chi connectivity index (χ4v) is 1.75. The zero-order valence-electron chi connectivity index (χ0n) is 11.7. The summed E-state index contributed by atoms with van der Waals surface area (Å²) in [5.41, 5.74) is 0.613. The molecule has 1 aromatic heterocycles. The van der Waals surface area contributed by atoms with E-state index in [9.17, 15) is 9.90 Å². The van der Waals surface area contributed by atoms with Crippen molar-refractivity contribution < 1.29 is 9.90 Å². The van der Waals surface area contributed by atoms with Crippen molar-refractivity contribution in [1.82, 2.24) is 15.1 Å². The van der Waals surface area contributed by atoms with Crippen molar-refractivity contribution in [2.45, 2.75) is 25.8 Å². The highest BCUT2D eigenvalue weighted by Crippen LogP contribution is 2.11. The molecule has 0 fully saturated rings. The highest BCUT2D eigenvalue weighted by molar-refractivity contribution is 5.92. The Bertz CT molecular complexity index is 574. The van der Waals surface area contributed by atoms with Gasteiger partial charge in [-0.1, -0.05) is 25.1 Å². The Labute approximate surface area is 118 Å². The second-order valence-corrected chi connectivity index (χ2v) is 5.01. The van der Waals surface area contributed by atoms with Gasteiger partial charge in [-0.05, 0) is 31.5 Å². The molecular formula is C15H19N3O2. The number of carbonyl (C=O) groups excluding carboxylic acids is 1. The summed E-state index contributed by atoms with van der Waals surface area (Å²) < 4.78 is 1.65. The van der Waals surface area contributed by atoms with Crippen LogP contribution in [-0.2, 0) is 0 Å². The second kappa shape index (κ2) is 5.88. The first-order valence-corrected chi connectivity index (χ1v) is 6.62. The van der Waals surface area contributed by atoms with E-state index in [0.29, 0.717) is 12.1 Å². The smallest absolute Gasteiger partial charge is 0.272 e. The third-order valence-corrected chi connectivity index (χ3v) is 3.39. The van der Waals surface area contributed by atoms with E-state index in [1.807, 2.05) is 37.3 Å². The molecule has 1 amide bonds. The maximum Gasteiger partial charge on any atom is 0.272 e. The van der Waals surface area contributed by atoms with Crippen LogP contribution in [0.5, 0.6) is 0 Å². The van der Waals surface area contributed by atoms with Crippen molar-refractivity contribution in [2.75, 3.05) is 6.61 Å². The summed E-state index contributed by atoms with van der Waals surface area (Å²) in [6.07, 6.45) is 2.39. The molecule has 1 unspecified atom stereocenters. The number of aromatic nitrogens is 2. The molecular weight excluding hydrogens is 254 g/mol. The molecule has 1 atom stereocenters. The maximum absolute atomic E-state index is 12.1. The monoisotopic (exact) mass is 273 g/mol. The fourth-order valence-electron chi connectivity index (χ4n) is 1.75. The number of nitrogens with zero attached hydrogens (tertiary/aromatic N) is 2. The Morgan fingerprint density at radius 2 is 2.05 bits per heavy atom. The van der Waals surface area contributed by atoms with Crippen LogP contribution >= 0.6 is 0 Å². The Hall–Kier alpha value is -2.14. The summed E-state index contributed by atoms with van der Waals surface area (Å²) in [4.78, 5) is 12.1. The average molecular weight is 273 g/mol. The van der Waals surface area contributed by atoms with Gasteiger partial charge in [-0.25, -0.2) is 4.68 Å². The van der Waals surface area contributed by atoms with Gasteiger partial charge in [0.15, 0.2) is 5.69 Å². The first-order chi connectivity index (χ1) is 9.58. The number of hydrogen-bond acceptors (Lipinski definition) is 3. The van der Waals surface area contributed by atoms with Gasteiger partial charge in [0.25, 0.3) is 5.91 Å². The van der Waals surface area contributed by atoms with Crippen LogP contribution in [0.2, 0.25) is 0 Å². The van der Waals surface area contributed by atoms with E-state index in [-0.39, 0.29) is 12.5 Å². The maximum atomic E-state index is 12.1. The molecule has 106 valence electrons. The van der Waals surface area contributed by atoms with E-state index in [1.165, 1.54) is 0 Å². The molecule has 0 bridgehead atoms. The van der Waals surface area contributed by atoms with Crippen molar-refractivity contribution in [3.05, 3.63) is 48.3 Å². The number of benzene rings is 1. The number of amides is 1. The van der Waals surface area contributed by atoms with Crippen molar-refractivity contribution in [3.8, 4) is 5.69 Å². The largest absolute Gasteiger partial charge is 0.394 e. The number of aliphatic hydroxyl groups is 1. The molecule has 2 aromatic rings. The van der Waals surface area contributed by atoms with Crippen LogP contribution in [0.25, 0.3) is 5.69 Å². The zero-order chi connectivity index (χ0) is 14.6. The topological polar surface area (TPSA) is 67.2 Å². The lowest BCUT2D eigenvalue weighted by Crippen LogP contribution is -2.48. The minimum absolute atomic E-state index is 0.103. The molecule has 0 spiro atoms. The summed E-state index contributed by atoms with van der Waals surface area (Å²) >= 11 is 0. The molecule has 1 aromatic carbocycles. The van der Waals surface area contributed by atoms with Crippen LogP contribution in [0, 0.1) is 0 Å². The van der Waals surface area contributed by atoms with Gasteiger partial charge >= 0.3 is 0 Å². The molecule has 0 aliphatic heterocycles. The highest BCUT2D eigenvalue weighted by Gasteiger charge is 2.24. The van der Waals surface area contributed by atoms with E-state index in [2.05, 4.69) is 10.4 Å². The fraction of sp³-hybridized carbons (Fsp3) is 0.333. The SMILES string of the molecule is CCC(C)(CO)NC(=O)c1ccn(-c2ccccc2)n1. The molecule has 20 heavy (non-hydrogen) atoms. The lowest BCUT2D eigenvalue weighted by Gasteiger charge is -2.26. The molecule has 5 heteroatoms. The van der Waals surface area contributed by atoms with Crippen LogP contribution in [0.3, 0.4) is 0 Å². The Balaban J connectivity index is 2.15. The summed E-state index contributed by atoms with van der Waals surface area (Å²) in [7, 11) is 0. The summed E-state index contributed by atoms with van der Waals surface area (Å²) in [6, 6.07) is 11.2. The van der Waals surface area contributed by atoms with E-state index < -0.39 is 5.54 Å². The first-order valence-electron chi connectivity index (χ1n) is 6.62. The van der Waals surface area contributed by atoms with E-state index in [4.69, 9.17) is 0 Å². The molecule has 0 aliphatic rings. The quantitative estimate of drug-likeness (QED) is 0.872. The lowest BCUT2D eigenvalue weighted by molar-refractivity contribution is 0.0842. The van der Waals surface area contributed by atoms with Crippen LogP contribution in [0.4, 0.5) is 0 Å². The number of nitrogens with one attached hydrogen (secondary N) is 1. The summed E-state index contributed by atoms with van der Waals surface area (Å²) in [5, 5.41) is 16.4. The van der Waals surface area contributed by atoms with Crippen molar-refractivity contribution >= 4 is 5.91 Å². The Kier molecular flexibility index (Phi) is 4.20. The number of aliphatic hydroxyl groups excluding tert-OH is 1. The lowest BCUT2D eigenvalue weighted by atomic mass is 10.0. The Morgan fingerprint density at radius 3 is 2.65 bits per heavy atom. The van der Waals surface area contributed by atoms with Gasteiger partial charge in [-0.3, -0.25) is 4.79 Å². The zero-order valence-corrected chi connectivity index (χ0v) is 11.7. The summed E-state index contributed by atoms with van der Waals surface area (Å²) in [5.74, 6) is -0.280. The standard InChI is InChI=1S/C15H19N3O2/c1-3-15(2,11-19)16-14(20)13-9-10-18(17-13)12-7-5-4-6-8-12/h4-10,19H,3,11H2,1-2H3,(H,16,20). The molecule has 1 heterocycles. The van der Waals surface area contributed by atoms with E-state index in [1.54, 1.807) is 23.9 Å². The predicted octanol–water partition coefficient (Wildman–Crippen LogP) is 1.76. The molecule has 0 saturated carbocycles. The highest BCUT2D eigenvalue weighted by atomic mass is 16.3. The van der Waals surface area contributed by atoms with Crippen molar-refractivity contribution in [2.24, 2.45) is 0 Å². The number of para-hydroxylation sites is 1. The van der Waals surface area contributed by atoms with Gasteiger partial charge in [-0.2, -0.15) is 5.10 Å². The summed E-state index contributed by atoms with van der Waals surface area (Å²) in [6.45, 7) is 3.62. The van der Waals surface area contributed by atoms with E-state index >= 15 is 0 Å². The predicted molar refractivity (Wildman–Crippen MR) is 76.8 cm³/mol. The molecule has 0 saturated heterocycles. The Morgan fingerprint density at radius 1 is 1.35 bits per heavy atom. The number of hydrogen-bond donors (Lipinski definition) is 2. The van der Waals surface area contributed by atoms with Crippen molar-refractivity contribution in [3.63, 3.8) is 0 Å². The molecule has 2 N–H and O–H groups in total. The van der Waals surface area contributed by atoms with Gasteiger partial charge in [0.05, 0.1) is 17.8 Å². The number of carbonyl (C=O) groups is 1.